The van der Waals surface area contributed by atoms with E-state index in [-0.39, 0.29) is 22.9 Å². The van der Waals surface area contributed by atoms with Gasteiger partial charge in [0.1, 0.15) is 5.78 Å². The molecule has 0 radical (unpaired) electrons. The van der Waals surface area contributed by atoms with Gasteiger partial charge in [-0.25, -0.2) is 4.98 Å². The Morgan fingerprint density at radius 2 is 2.08 bits per heavy atom. The van der Waals surface area contributed by atoms with E-state index in [0.717, 1.165) is 29.7 Å². The van der Waals surface area contributed by atoms with Crippen molar-refractivity contribution in [3.63, 3.8) is 0 Å². The molecule has 126 valence electrons. The van der Waals surface area contributed by atoms with Gasteiger partial charge < -0.3 is 0 Å². The van der Waals surface area contributed by atoms with Crippen LogP contribution in [0.5, 0.6) is 0 Å². The zero-order chi connectivity index (χ0) is 17.7. The molecule has 2 aromatic rings. The number of carbonyl (C=O) groups excluding carboxylic acids is 2. The Balaban J connectivity index is 2.00. The van der Waals surface area contributed by atoms with Gasteiger partial charge in [-0.2, -0.15) is 17.5 Å². The standard InChI is InChI=1S/C15H12F3N3O2S/c1-9(22)7-12-19-14(24-21-12)20-13(23)6-5-10-3-2-4-11(8-10)15(16,17)18/h2-6,8H,7H2,1H3,(H,19,20,21,23)/b6-5+. The molecule has 0 bridgehead atoms. The summed E-state index contributed by atoms with van der Waals surface area (Å²) in [5.41, 5.74) is -0.544. The monoisotopic (exact) mass is 355 g/mol. The largest absolute Gasteiger partial charge is 0.416 e. The molecule has 1 amide bonds. The molecule has 0 unspecified atom stereocenters. The molecule has 1 aromatic carbocycles. The minimum absolute atomic E-state index is 0.0758. The molecule has 0 saturated carbocycles. The first-order valence-electron chi connectivity index (χ1n) is 6.72. The number of Topliss-reactive ketones (excluding diaryl/α,β-unsaturated/α-hetero) is 1. The van der Waals surface area contributed by atoms with Gasteiger partial charge in [-0.1, -0.05) is 12.1 Å². The number of aromatic nitrogens is 2. The Morgan fingerprint density at radius 3 is 2.75 bits per heavy atom. The van der Waals surface area contributed by atoms with Crippen LogP contribution in [0.2, 0.25) is 0 Å². The molecule has 0 atom stereocenters. The molecule has 0 aliphatic rings. The average Bonchev–Trinajstić information content (AvgIpc) is 2.91. The minimum Gasteiger partial charge on any atom is -0.300 e. The molecule has 9 heteroatoms. The van der Waals surface area contributed by atoms with Crippen LogP contribution in [0.1, 0.15) is 23.9 Å². The lowest BCUT2D eigenvalue weighted by Crippen LogP contribution is -2.08. The molecule has 0 saturated heterocycles. The van der Waals surface area contributed by atoms with Crippen LogP contribution in [0, 0.1) is 0 Å². The zero-order valence-corrected chi connectivity index (χ0v) is 13.2. The highest BCUT2D eigenvalue weighted by atomic mass is 32.1. The molecular weight excluding hydrogens is 343 g/mol. The fraction of sp³-hybridized carbons (Fsp3) is 0.200. The van der Waals surface area contributed by atoms with Gasteiger partial charge in [0.05, 0.1) is 12.0 Å². The third-order valence-electron chi connectivity index (χ3n) is 2.75. The van der Waals surface area contributed by atoms with Crippen molar-refractivity contribution in [3.05, 3.63) is 47.3 Å². The molecule has 0 aliphatic heterocycles. The van der Waals surface area contributed by atoms with E-state index in [2.05, 4.69) is 14.7 Å². The SMILES string of the molecule is CC(=O)Cc1nsc(NC(=O)/C=C/c2cccc(C(F)(F)F)c2)n1. The molecule has 0 aliphatic carbocycles. The second-order valence-electron chi connectivity index (χ2n) is 4.84. The number of ketones is 1. The number of halogens is 3. The summed E-state index contributed by atoms with van der Waals surface area (Å²) < 4.78 is 41.7. The second-order valence-corrected chi connectivity index (χ2v) is 5.59. The summed E-state index contributed by atoms with van der Waals surface area (Å²) >= 11 is 0.919. The molecule has 1 aromatic heterocycles. The Hall–Kier alpha value is -2.55. The van der Waals surface area contributed by atoms with Crippen LogP contribution >= 0.6 is 11.5 Å². The quantitative estimate of drug-likeness (QED) is 0.835. The third kappa shape index (κ3) is 5.27. The number of rotatable bonds is 5. The van der Waals surface area contributed by atoms with Gasteiger partial charge in [0.25, 0.3) is 0 Å². The van der Waals surface area contributed by atoms with E-state index in [1.165, 1.54) is 25.1 Å². The number of benzene rings is 1. The van der Waals surface area contributed by atoms with Crippen LogP contribution in [-0.2, 0) is 22.2 Å². The van der Waals surface area contributed by atoms with Crippen LogP contribution in [0.4, 0.5) is 18.3 Å². The summed E-state index contributed by atoms with van der Waals surface area (Å²) in [5, 5.41) is 2.65. The molecule has 0 spiro atoms. The Kier molecular flexibility index (Phi) is 5.45. The van der Waals surface area contributed by atoms with Gasteiger partial charge in [-0.3, -0.25) is 14.9 Å². The lowest BCUT2D eigenvalue weighted by molar-refractivity contribution is -0.137. The van der Waals surface area contributed by atoms with E-state index in [1.807, 2.05) is 0 Å². The number of nitrogens with zero attached hydrogens (tertiary/aromatic N) is 2. The number of hydrogen-bond donors (Lipinski definition) is 1. The topological polar surface area (TPSA) is 72.0 Å². The van der Waals surface area contributed by atoms with Crippen molar-refractivity contribution in [1.82, 2.24) is 9.36 Å². The maximum Gasteiger partial charge on any atom is 0.416 e. The van der Waals surface area contributed by atoms with E-state index < -0.39 is 17.6 Å². The molecule has 0 fully saturated rings. The average molecular weight is 355 g/mol. The van der Waals surface area contributed by atoms with E-state index in [0.29, 0.717) is 5.82 Å². The van der Waals surface area contributed by atoms with Crippen LogP contribution < -0.4 is 5.32 Å². The number of amides is 1. The molecule has 24 heavy (non-hydrogen) atoms. The Bertz CT molecular complexity index is 784. The molecule has 5 nitrogen and oxygen atoms in total. The summed E-state index contributed by atoms with van der Waals surface area (Å²) in [4.78, 5) is 26.7. The predicted molar refractivity (Wildman–Crippen MR) is 83.4 cm³/mol. The van der Waals surface area contributed by atoms with Crippen molar-refractivity contribution in [3.8, 4) is 0 Å². The van der Waals surface area contributed by atoms with E-state index in [1.54, 1.807) is 0 Å². The maximum atomic E-state index is 12.6. The number of anilines is 1. The summed E-state index contributed by atoms with van der Waals surface area (Å²) in [6.07, 6.45) is -2.00. The van der Waals surface area contributed by atoms with Crippen molar-refractivity contribution in [2.45, 2.75) is 19.5 Å². The van der Waals surface area contributed by atoms with Crippen molar-refractivity contribution in [1.29, 1.82) is 0 Å². The Morgan fingerprint density at radius 1 is 1.33 bits per heavy atom. The molecule has 1 N–H and O–H groups in total. The smallest absolute Gasteiger partial charge is 0.300 e. The first-order chi connectivity index (χ1) is 11.2. The summed E-state index contributed by atoms with van der Waals surface area (Å²) in [6.45, 7) is 1.40. The van der Waals surface area contributed by atoms with Crippen LogP contribution in [0.25, 0.3) is 6.08 Å². The number of hydrogen-bond acceptors (Lipinski definition) is 5. The number of carbonyl (C=O) groups is 2. The van der Waals surface area contributed by atoms with Gasteiger partial charge in [0.15, 0.2) is 5.82 Å². The lowest BCUT2D eigenvalue weighted by atomic mass is 10.1. The van der Waals surface area contributed by atoms with Gasteiger partial charge >= 0.3 is 6.18 Å². The van der Waals surface area contributed by atoms with Crippen LogP contribution in [0.15, 0.2) is 30.3 Å². The lowest BCUT2D eigenvalue weighted by Gasteiger charge is -2.06. The van der Waals surface area contributed by atoms with Crippen LogP contribution in [-0.4, -0.2) is 21.0 Å². The van der Waals surface area contributed by atoms with E-state index in [9.17, 15) is 22.8 Å². The molecular formula is C15H12F3N3O2S. The summed E-state index contributed by atoms with van der Waals surface area (Å²) in [6, 6.07) is 4.61. The summed E-state index contributed by atoms with van der Waals surface area (Å²) in [5.74, 6) is -0.349. The zero-order valence-electron chi connectivity index (χ0n) is 12.4. The Labute approximate surface area is 139 Å². The normalized spacial score (nSPS) is 11.7. The van der Waals surface area contributed by atoms with Crippen LogP contribution in [0.3, 0.4) is 0 Å². The first kappa shape index (κ1) is 17.8. The maximum absolute atomic E-state index is 12.6. The van der Waals surface area contributed by atoms with Gasteiger partial charge in [0, 0.05) is 17.6 Å². The summed E-state index contributed by atoms with van der Waals surface area (Å²) in [7, 11) is 0. The third-order valence-corrected chi connectivity index (χ3v) is 3.41. The van der Waals surface area contributed by atoms with Crippen molar-refractivity contribution < 1.29 is 22.8 Å². The molecule has 2 rings (SSSR count). The highest BCUT2D eigenvalue weighted by molar-refractivity contribution is 7.09. The predicted octanol–water partition coefficient (Wildman–Crippen LogP) is 3.34. The molecule has 1 heterocycles. The second kappa shape index (κ2) is 7.35. The fourth-order valence-corrected chi connectivity index (χ4v) is 2.33. The van der Waals surface area contributed by atoms with Crippen molar-refractivity contribution in [2.75, 3.05) is 5.32 Å². The first-order valence-corrected chi connectivity index (χ1v) is 7.50. The van der Waals surface area contributed by atoms with Crippen molar-refractivity contribution in [2.24, 2.45) is 0 Å². The highest BCUT2D eigenvalue weighted by Gasteiger charge is 2.30. The van der Waals surface area contributed by atoms with Gasteiger partial charge in [-0.05, 0) is 30.7 Å². The van der Waals surface area contributed by atoms with Gasteiger partial charge in [0.2, 0.25) is 11.0 Å². The van der Waals surface area contributed by atoms with Crippen molar-refractivity contribution >= 4 is 34.4 Å². The van der Waals surface area contributed by atoms with E-state index >= 15 is 0 Å². The number of alkyl halides is 3. The minimum atomic E-state index is -4.44. The fourth-order valence-electron chi connectivity index (χ4n) is 1.74. The van der Waals surface area contributed by atoms with Gasteiger partial charge in [-0.15, -0.1) is 0 Å². The van der Waals surface area contributed by atoms with E-state index in [4.69, 9.17) is 0 Å². The highest BCUT2D eigenvalue weighted by Crippen LogP contribution is 2.29. The number of nitrogens with one attached hydrogen (secondary N) is 1.